The summed E-state index contributed by atoms with van der Waals surface area (Å²) in [6.07, 6.45) is 10.2. The van der Waals surface area contributed by atoms with Crippen molar-refractivity contribution in [3.8, 4) is 5.75 Å². The summed E-state index contributed by atoms with van der Waals surface area (Å²) in [6.45, 7) is 3.28. The van der Waals surface area contributed by atoms with E-state index in [0.717, 1.165) is 38.0 Å². The van der Waals surface area contributed by atoms with E-state index in [9.17, 15) is 9.90 Å². The van der Waals surface area contributed by atoms with Crippen molar-refractivity contribution in [2.75, 3.05) is 26.2 Å². The van der Waals surface area contributed by atoms with Gasteiger partial charge in [-0.2, -0.15) is 0 Å². The smallest absolute Gasteiger partial charge is 0.243 e. The lowest BCUT2D eigenvalue weighted by molar-refractivity contribution is -0.116. The van der Waals surface area contributed by atoms with Gasteiger partial charge in [0.1, 0.15) is 5.75 Å². The van der Waals surface area contributed by atoms with Crippen molar-refractivity contribution < 1.29 is 9.90 Å². The van der Waals surface area contributed by atoms with Crippen molar-refractivity contribution >= 4 is 12.0 Å². The van der Waals surface area contributed by atoms with Gasteiger partial charge in [-0.05, 0) is 69.1 Å². The fourth-order valence-corrected chi connectivity index (χ4v) is 3.41. The van der Waals surface area contributed by atoms with E-state index in [1.54, 1.807) is 30.3 Å². The molecule has 0 aliphatic heterocycles. The predicted molar refractivity (Wildman–Crippen MR) is 110 cm³/mol. The van der Waals surface area contributed by atoms with Crippen LogP contribution in [0, 0.1) is 0 Å². The summed E-state index contributed by atoms with van der Waals surface area (Å²) in [4.78, 5) is 11.9. The number of benzene rings is 1. The molecule has 0 radical (unpaired) electrons. The van der Waals surface area contributed by atoms with Crippen LogP contribution in [0.2, 0.25) is 0 Å². The number of phenols is 1. The molecule has 1 aromatic carbocycles. The van der Waals surface area contributed by atoms with Crippen molar-refractivity contribution in [1.82, 2.24) is 16.0 Å². The van der Waals surface area contributed by atoms with Gasteiger partial charge in [0.05, 0.1) is 0 Å². The van der Waals surface area contributed by atoms with Crippen molar-refractivity contribution in [1.29, 1.82) is 0 Å². The Morgan fingerprint density at radius 3 is 2.30 bits per heavy atom. The molecule has 2 atom stereocenters. The highest BCUT2D eigenvalue weighted by molar-refractivity contribution is 5.91. The molecule has 2 rings (SSSR count). The van der Waals surface area contributed by atoms with Crippen LogP contribution in [0.5, 0.6) is 5.75 Å². The molecule has 1 amide bonds. The van der Waals surface area contributed by atoms with E-state index >= 15 is 0 Å². The second-order valence-electron chi connectivity index (χ2n) is 7.12. The number of rotatable bonds is 11. The number of aromatic hydroxyl groups is 1. The molecular formula is C21H34N4O2. The molecule has 6 heteroatoms. The van der Waals surface area contributed by atoms with E-state index in [1.165, 1.54) is 31.8 Å². The van der Waals surface area contributed by atoms with E-state index in [4.69, 9.17) is 5.73 Å². The third kappa shape index (κ3) is 8.56. The molecule has 0 bridgehead atoms. The van der Waals surface area contributed by atoms with Gasteiger partial charge in [0, 0.05) is 24.7 Å². The molecule has 0 saturated heterocycles. The van der Waals surface area contributed by atoms with Gasteiger partial charge in [0.15, 0.2) is 0 Å². The third-order valence-electron chi connectivity index (χ3n) is 4.93. The second-order valence-corrected chi connectivity index (χ2v) is 7.12. The van der Waals surface area contributed by atoms with Crippen LogP contribution in [0.1, 0.15) is 44.1 Å². The van der Waals surface area contributed by atoms with Crippen LogP contribution in [0.4, 0.5) is 0 Å². The van der Waals surface area contributed by atoms with Crippen LogP contribution >= 0.6 is 0 Å². The normalized spacial score (nSPS) is 20.0. The summed E-state index contributed by atoms with van der Waals surface area (Å²) in [5.41, 5.74) is 6.46. The van der Waals surface area contributed by atoms with Crippen LogP contribution < -0.4 is 21.7 Å². The standard InChI is InChI=1S/C21H34N4O2/c22-13-3-14-23-19-5-1-2-6-20(19)24-15-4-16-25-21(27)12-9-17-7-10-18(26)11-8-17/h7-12,19-20,23-24,26H,1-6,13-16,22H2,(H,25,27)/b12-9+/t19-,20-/m1/s1. The molecule has 0 unspecified atom stereocenters. The maximum atomic E-state index is 11.9. The summed E-state index contributed by atoms with van der Waals surface area (Å²) in [5.74, 6) is 0.126. The largest absolute Gasteiger partial charge is 0.508 e. The van der Waals surface area contributed by atoms with Crippen LogP contribution in [-0.4, -0.2) is 49.3 Å². The lowest BCUT2D eigenvalue weighted by Gasteiger charge is -2.33. The fraction of sp³-hybridized carbons (Fsp3) is 0.571. The Bertz CT molecular complexity index is 574. The van der Waals surface area contributed by atoms with Gasteiger partial charge < -0.3 is 26.8 Å². The summed E-state index contributed by atoms with van der Waals surface area (Å²) >= 11 is 0. The van der Waals surface area contributed by atoms with E-state index in [2.05, 4.69) is 16.0 Å². The number of nitrogens with two attached hydrogens (primary N) is 1. The van der Waals surface area contributed by atoms with Crippen molar-refractivity contribution in [2.24, 2.45) is 5.73 Å². The lowest BCUT2D eigenvalue weighted by atomic mass is 9.90. The SMILES string of the molecule is NCCCN[C@@H]1CCCC[C@H]1NCCCNC(=O)/C=C/c1ccc(O)cc1. The Hall–Kier alpha value is -1.89. The molecule has 1 aliphatic carbocycles. The minimum atomic E-state index is -0.0953. The Kier molecular flexibility index (Phi) is 9.90. The van der Waals surface area contributed by atoms with E-state index in [-0.39, 0.29) is 11.7 Å². The van der Waals surface area contributed by atoms with Gasteiger partial charge in [-0.1, -0.05) is 25.0 Å². The van der Waals surface area contributed by atoms with Crippen molar-refractivity contribution in [3.63, 3.8) is 0 Å². The van der Waals surface area contributed by atoms with E-state index < -0.39 is 0 Å². The summed E-state index contributed by atoms with van der Waals surface area (Å²) in [6, 6.07) is 7.80. The fourth-order valence-electron chi connectivity index (χ4n) is 3.41. The molecule has 6 N–H and O–H groups in total. The topological polar surface area (TPSA) is 99.4 Å². The highest BCUT2D eigenvalue weighted by Gasteiger charge is 2.23. The quantitative estimate of drug-likeness (QED) is 0.300. The van der Waals surface area contributed by atoms with Gasteiger partial charge in [0.2, 0.25) is 5.91 Å². The lowest BCUT2D eigenvalue weighted by Crippen LogP contribution is -2.50. The summed E-state index contributed by atoms with van der Waals surface area (Å²) in [5, 5.41) is 19.4. The number of hydrogen-bond acceptors (Lipinski definition) is 5. The van der Waals surface area contributed by atoms with Crippen LogP contribution in [-0.2, 0) is 4.79 Å². The summed E-state index contributed by atoms with van der Waals surface area (Å²) in [7, 11) is 0. The van der Waals surface area contributed by atoms with Crippen molar-refractivity contribution in [3.05, 3.63) is 35.9 Å². The maximum absolute atomic E-state index is 11.9. The zero-order valence-electron chi connectivity index (χ0n) is 16.1. The number of nitrogens with one attached hydrogen (secondary N) is 3. The van der Waals surface area contributed by atoms with Gasteiger partial charge >= 0.3 is 0 Å². The molecule has 27 heavy (non-hydrogen) atoms. The Morgan fingerprint density at radius 2 is 1.67 bits per heavy atom. The van der Waals surface area contributed by atoms with Gasteiger partial charge in [-0.3, -0.25) is 4.79 Å². The Morgan fingerprint density at radius 1 is 1.04 bits per heavy atom. The van der Waals surface area contributed by atoms with Gasteiger partial charge in [-0.25, -0.2) is 0 Å². The first-order valence-corrected chi connectivity index (χ1v) is 10.1. The minimum absolute atomic E-state index is 0.0953. The molecule has 150 valence electrons. The van der Waals surface area contributed by atoms with Crippen molar-refractivity contribution in [2.45, 2.75) is 50.6 Å². The molecular weight excluding hydrogens is 340 g/mol. The molecule has 0 spiro atoms. The molecule has 1 fully saturated rings. The molecule has 0 heterocycles. The minimum Gasteiger partial charge on any atom is -0.508 e. The number of hydrogen-bond donors (Lipinski definition) is 5. The molecule has 6 nitrogen and oxygen atoms in total. The first-order chi connectivity index (χ1) is 13.2. The monoisotopic (exact) mass is 374 g/mol. The zero-order valence-corrected chi connectivity index (χ0v) is 16.1. The number of amides is 1. The number of carbonyl (C=O) groups excluding carboxylic acids is 1. The number of carbonyl (C=O) groups is 1. The molecule has 1 aromatic rings. The predicted octanol–water partition coefficient (Wildman–Crippen LogP) is 1.75. The first kappa shape index (κ1) is 21.4. The highest BCUT2D eigenvalue weighted by atomic mass is 16.3. The molecule has 0 aromatic heterocycles. The maximum Gasteiger partial charge on any atom is 0.243 e. The Balaban J connectivity index is 1.59. The average Bonchev–Trinajstić information content (AvgIpc) is 2.68. The highest BCUT2D eigenvalue weighted by Crippen LogP contribution is 2.18. The van der Waals surface area contributed by atoms with Crippen LogP contribution in [0.3, 0.4) is 0 Å². The molecule has 1 aliphatic rings. The zero-order chi connectivity index (χ0) is 19.3. The third-order valence-corrected chi connectivity index (χ3v) is 4.93. The molecule has 1 saturated carbocycles. The van der Waals surface area contributed by atoms with Crippen LogP contribution in [0.15, 0.2) is 30.3 Å². The average molecular weight is 375 g/mol. The second kappa shape index (κ2) is 12.5. The van der Waals surface area contributed by atoms with Gasteiger partial charge in [-0.15, -0.1) is 0 Å². The van der Waals surface area contributed by atoms with Gasteiger partial charge in [0.25, 0.3) is 0 Å². The number of phenolic OH excluding ortho intramolecular Hbond substituents is 1. The summed E-state index contributed by atoms with van der Waals surface area (Å²) < 4.78 is 0. The first-order valence-electron chi connectivity index (χ1n) is 10.1. The van der Waals surface area contributed by atoms with E-state index in [1.807, 2.05) is 0 Å². The van der Waals surface area contributed by atoms with Crippen LogP contribution in [0.25, 0.3) is 6.08 Å². The van der Waals surface area contributed by atoms with E-state index in [0.29, 0.717) is 18.6 Å². The Labute approximate surface area is 162 Å².